The molecule has 0 radical (unpaired) electrons. The standard InChI is InChI=1S/C13H16Cl2N2O4S/c14-7-12(8-15)21-13(18)16-22(19,20)17-6-5-10-3-1-2-4-11(10)9-17/h1-4,12H,5-9H2,(H,16,18). The number of carbonyl (C=O) groups is 1. The summed E-state index contributed by atoms with van der Waals surface area (Å²) in [7, 11) is -3.96. The van der Waals surface area contributed by atoms with Crippen LogP contribution in [0.4, 0.5) is 4.79 Å². The van der Waals surface area contributed by atoms with Gasteiger partial charge in [-0.15, -0.1) is 23.2 Å². The minimum atomic E-state index is -3.96. The molecule has 122 valence electrons. The monoisotopic (exact) mass is 366 g/mol. The first-order valence-corrected chi connectivity index (χ1v) is 9.14. The van der Waals surface area contributed by atoms with Crippen molar-refractivity contribution >= 4 is 39.5 Å². The second kappa shape index (κ2) is 7.50. The fraction of sp³-hybridized carbons (Fsp3) is 0.462. The Bertz CT molecular complexity index is 635. The zero-order chi connectivity index (χ0) is 16.2. The Labute approximate surface area is 139 Å². The van der Waals surface area contributed by atoms with E-state index >= 15 is 0 Å². The summed E-state index contributed by atoms with van der Waals surface area (Å²) in [6.45, 7) is 0.515. The number of carbonyl (C=O) groups excluding carboxylic acids is 1. The Morgan fingerprint density at radius 1 is 1.27 bits per heavy atom. The van der Waals surface area contributed by atoms with Gasteiger partial charge in [0.15, 0.2) is 0 Å². The van der Waals surface area contributed by atoms with E-state index in [4.69, 9.17) is 27.9 Å². The first kappa shape index (κ1) is 17.3. The number of hydrogen-bond acceptors (Lipinski definition) is 4. The van der Waals surface area contributed by atoms with Crippen LogP contribution in [-0.2, 0) is 27.9 Å². The minimum Gasteiger partial charge on any atom is -0.443 e. The zero-order valence-corrected chi connectivity index (χ0v) is 14.0. The summed E-state index contributed by atoms with van der Waals surface area (Å²) >= 11 is 11.1. The lowest BCUT2D eigenvalue weighted by atomic mass is 10.0. The van der Waals surface area contributed by atoms with E-state index in [-0.39, 0.29) is 18.3 Å². The first-order valence-electron chi connectivity index (χ1n) is 6.63. The van der Waals surface area contributed by atoms with Gasteiger partial charge in [-0.3, -0.25) is 0 Å². The van der Waals surface area contributed by atoms with Gasteiger partial charge in [0, 0.05) is 13.1 Å². The van der Waals surface area contributed by atoms with Gasteiger partial charge in [0.2, 0.25) is 0 Å². The lowest BCUT2D eigenvalue weighted by Crippen LogP contribution is -2.46. The zero-order valence-electron chi connectivity index (χ0n) is 11.7. The van der Waals surface area contributed by atoms with Crippen molar-refractivity contribution in [1.29, 1.82) is 0 Å². The summed E-state index contributed by atoms with van der Waals surface area (Å²) in [5, 5.41) is 0. The highest BCUT2D eigenvalue weighted by Crippen LogP contribution is 2.20. The Hall–Kier alpha value is -1.02. The molecule has 6 nitrogen and oxygen atoms in total. The third-order valence-electron chi connectivity index (χ3n) is 3.27. The molecule has 0 fully saturated rings. The molecule has 22 heavy (non-hydrogen) atoms. The van der Waals surface area contributed by atoms with Gasteiger partial charge in [-0.2, -0.15) is 12.7 Å². The van der Waals surface area contributed by atoms with Crippen LogP contribution in [0.2, 0.25) is 0 Å². The van der Waals surface area contributed by atoms with Crippen molar-refractivity contribution in [3.63, 3.8) is 0 Å². The lowest BCUT2D eigenvalue weighted by Gasteiger charge is -2.27. The van der Waals surface area contributed by atoms with Crippen LogP contribution in [-0.4, -0.2) is 43.2 Å². The number of rotatable bonds is 5. The largest absolute Gasteiger partial charge is 0.443 e. The molecule has 1 aromatic rings. The summed E-state index contributed by atoms with van der Waals surface area (Å²) in [5.74, 6) is -0.0118. The third kappa shape index (κ3) is 4.25. The topological polar surface area (TPSA) is 75.7 Å². The number of hydrogen-bond donors (Lipinski definition) is 1. The molecule has 0 saturated carbocycles. The molecule has 1 amide bonds. The van der Waals surface area contributed by atoms with Crippen molar-refractivity contribution in [3.8, 4) is 0 Å². The maximum atomic E-state index is 12.2. The fourth-order valence-electron chi connectivity index (χ4n) is 2.12. The molecule has 1 heterocycles. The van der Waals surface area contributed by atoms with E-state index in [2.05, 4.69) is 0 Å². The van der Waals surface area contributed by atoms with Crippen molar-refractivity contribution in [2.75, 3.05) is 18.3 Å². The van der Waals surface area contributed by atoms with Crippen LogP contribution in [0.3, 0.4) is 0 Å². The number of alkyl halides is 2. The van der Waals surface area contributed by atoms with Crippen LogP contribution in [0.15, 0.2) is 24.3 Å². The van der Waals surface area contributed by atoms with E-state index < -0.39 is 22.4 Å². The van der Waals surface area contributed by atoms with Gasteiger partial charge in [-0.25, -0.2) is 9.52 Å². The highest BCUT2D eigenvalue weighted by atomic mass is 35.5. The molecule has 2 rings (SSSR count). The molecule has 0 bridgehead atoms. The van der Waals surface area contributed by atoms with Gasteiger partial charge < -0.3 is 4.74 Å². The van der Waals surface area contributed by atoms with Crippen LogP contribution in [0.5, 0.6) is 0 Å². The van der Waals surface area contributed by atoms with Crippen LogP contribution in [0, 0.1) is 0 Å². The molecule has 1 N–H and O–H groups in total. The van der Waals surface area contributed by atoms with Gasteiger partial charge in [0.05, 0.1) is 11.8 Å². The molecule has 9 heteroatoms. The quantitative estimate of drug-likeness (QED) is 0.807. The second-order valence-electron chi connectivity index (χ2n) is 4.80. The van der Waals surface area contributed by atoms with Crippen molar-refractivity contribution in [1.82, 2.24) is 9.03 Å². The number of halogens is 2. The average molecular weight is 367 g/mol. The number of nitrogens with one attached hydrogen (secondary N) is 1. The third-order valence-corrected chi connectivity index (χ3v) is 5.37. The van der Waals surface area contributed by atoms with Crippen LogP contribution < -0.4 is 4.72 Å². The van der Waals surface area contributed by atoms with Crippen LogP contribution in [0.1, 0.15) is 11.1 Å². The molecule has 0 atom stereocenters. The Kier molecular flexibility index (Phi) is 5.91. The number of amides is 1. The van der Waals surface area contributed by atoms with Crippen LogP contribution >= 0.6 is 23.2 Å². The second-order valence-corrected chi connectivity index (χ2v) is 7.08. The summed E-state index contributed by atoms with van der Waals surface area (Å²) in [6.07, 6.45) is -1.22. The van der Waals surface area contributed by atoms with Gasteiger partial charge in [-0.1, -0.05) is 24.3 Å². The molecular formula is C13H16Cl2N2O4S. The fourth-order valence-corrected chi connectivity index (χ4v) is 3.61. The van der Waals surface area contributed by atoms with E-state index in [1.807, 2.05) is 29.0 Å². The Balaban J connectivity index is 2.01. The summed E-state index contributed by atoms with van der Waals surface area (Å²) in [5.41, 5.74) is 2.03. The van der Waals surface area contributed by atoms with Crippen LogP contribution in [0.25, 0.3) is 0 Å². The van der Waals surface area contributed by atoms with E-state index in [0.717, 1.165) is 11.1 Å². The first-order chi connectivity index (χ1) is 10.5. The van der Waals surface area contributed by atoms with Crippen molar-refractivity contribution in [2.45, 2.75) is 19.1 Å². The molecule has 0 saturated heterocycles. The lowest BCUT2D eigenvalue weighted by molar-refractivity contribution is 0.123. The molecule has 1 aromatic carbocycles. The number of fused-ring (bicyclic) bond motifs is 1. The SMILES string of the molecule is O=C(NS(=O)(=O)N1CCc2ccccc2C1)OC(CCl)CCl. The molecule has 0 aromatic heterocycles. The highest BCUT2D eigenvalue weighted by molar-refractivity contribution is 7.87. The molecule has 1 aliphatic rings. The van der Waals surface area contributed by atoms with Gasteiger partial charge >= 0.3 is 16.3 Å². The summed E-state index contributed by atoms with van der Waals surface area (Å²) in [4.78, 5) is 11.6. The van der Waals surface area contributed by atoms with E-state index in [1.165, 1.54) is 4.31 Å². The Morgan fingerprint density at radius 3 is 2.55 bits per heavy atom. The number of nitrogens with zero attached hydrogens (tertiary/aromatic N) is 1. The number of ether oxygens (including phenoxy) is 1. The minimum absolute atomic E-state index is 0.00590. The van der Waals surface area contributed by atoms with Gasteiger partial charge in [-0.05, 0) is 17.5 Å². The molecule has 1 aliphatic heterocycles. The average Bonchev–Trinajstić information content (AvgIpc) is 2.51. The van der Waals surface area contributed by atoms with E-state index in [9.17, 15) is 13.2 Å². The van der Waals surface area contributed by atoms with E-state index in [1.54, 1.807) is 0 Å². The molecule has 0 unspecified atom stereocenters. The predicted octanol–water partition coefficient (Wildman–Crippen LogP) is 1.86. The maximum Gasteiger partial charge on any atom is 0.422 e. The maximum absolute atomic E-state index is 12.2. The number of benzene rings is 1. The van der Waals surface area contributed by atoms with Crippen molar-refractivity contribution in [3.05, 3.63) is 35.4 Å². The molecule has 0 spiro atoms. The molecule has 0 aliphatic carbocycles. The van der Waals surface area contributed by atoms with Gasteiger partial charge in [0.25, 0.3) is 0 Å². The smallest absolute Gasteiger partial charge is 0.422 e. The summed E-state index contributed by atoms with van der Waals surface area (Å²) < 4.78 is 32.3. The molecular weight excluding hydrogens is 351 g/mol. The summed E-state index contributed by atoms with van der Waals surface area (Å²) in [6, 6.07) is 7.60. The van der Waals surface area contributed by atoms with E-state index in [0.29, 0.717) is 13.0 Å². The van der Waals surface area contributed by atoms with Gasteiger partial charge in [0.1, 0.15) is 6.10 Å². The highest BCUT2D eigenvalue weighted by Gasteiger charge is 2.29. The van der Waals surface area contributed by atoms with Crippen molar-refractivity contribution in [2.24, 2.45) is 0 Å². The Morgan fingerprint density at radius 2 is 1.91 bits per heavy atom. The predicted molar refractivity (Wildman–Crippen MR) is 84.3 cm³/mol. The van der Waals surface area contributed by atoms with Crippen molar-refractivity contribution < 1.29 is 17.9 Å². The normalized spacial score (nSPS) is 15.4.